The Balaban J connectivity index is 1.87. The third kappa shape index (κ3) is 3.82. The molecule has 3 aromatic rings. The molecule has 1 saturated heterocycles. The Labute approximate surface area is 181 Å². The summed E-state index contributed by atoms with van der Waals surface area (Å²) in [6.07, 6.45) is 0. The number of aliphatic hydroxyl groups is 1. The third-order valence-corrected chi connectivity index (χ3v) is 5.31. The quantitative estimate of drug-likeness (QED) is 0.362. The van der Waals surface area contributed by atoms with Gasteiger partial charge < -0.3 is 9.84 Å². The molecule has 1 amide bonds. The van der Waals surface area contributed by atoms with Gasteiger partial charge in [0, 0.05) is 11.3 Å². The minimum Gasteiger partial charge on any atom is -0.507 e. The second-order valence-electron chi connectivity index (χ2n) is 7.37. The van der Waals surface area contributed by atoms with E-state index in [0.717, 1.165) is 11.1 Å². The lowest BCUT2D eigenvalue weighted by Crippen LogP contribution is -2.29. The van der Waals surface area contributed by atoms with E-state index in [1.807, 2.05) is 56.3 Å². The first-order chi connectivity index (χ1) is 15.0. The second-order valence-corrected chi connectivity index (χ2v) is 7.37. The van der Waals surface area contributed by atoms with Crippen molar-refractivity contribution in [1.82, 2.24) is 0 Å². The van der Waals surface area contributed by atoms with Crippen LogP contribution in [0.2, 0.25) is 0 Å². The minimum absolute atomic E-state index is 0.0777. The van der Waals surface area contributed by atoms with Crippen molar-refractivity contribution in [3.8, 4) is 5.75 Å². The molecule has 3 aromatic carbocycles. The fourth-order valence-electron chi connectivity index (χ4n) is 3.79. The summed E-state index contributed by atoms with van der Waals surface area (Å²) in [7, 11) is 0. The number of rotatable bonds is 5. The lowest BCUT2D eigenvalue weighted by atomic mass is 9.95. The van der Waals surface area contributed by atoms with Crippen LogP contribution >= 0.6 is 0 Å². The minimum atomic E-state index is -0.736. The monoisotopic (exact) mass is 413 g/mol. The maximum Gasteiger partial charge on any atom is 0.300 e. The van der Waals surface area contributed by atoms with Crippen molar-refractivity contribution in [3.63, 3.8) is 0 Å². The Bertz CT molecular complexity index is 1130. The number of ether oxygens (including phenoxy) is 1. The van der Waals surface area contributed by atoms with Crippen LogP contribution in [0.5, 0.6) is 5.75 Å². The van der Waals surface area contributed by atoms with Gasteiger partial charge in [0.2, 0.25) is 0 Å². The molecule has 0 unspecified atom stereocenters. The maximum atomic E-state index is 13.1. The molecule has 0 spiro atoms. The van der Waals surface area contributed by atoms with Gasteiger partial charge in [0.05, 0.1) is 18.2 Å². The standard InChI is InChI=1S/C26H23NO4/c1-3-31-21-15-13-20(14-16-21)27-23(18-7-5-4-6-8-18)22(25(29)26(27)30)24(28)19-11-9-17(2)10-12-19/h4-16,23,28H,3H2,1-2H3/t23-/m0/s1. The SMILES string of the molecule is CCOc1ccc(N2C(=O)C(=O)C(=C(O)c3ccc(C)cc3)[C@@H]2c2ccccc2)cc1. The van der Waals surface area contributed by atoms with E-state index >= 15 is 0 Å². The Hall–Kier alpha value is -3.86. The van der Waals surface area contributed by atoms with Crippen LogP contribution in [0.4, 0.5) is 5.69 Å². The van der Waals surface area contributed by atoms with E-state index < -0.39 is 17.7 Å². The first-order valence-electron chi connectivity index (χ1n) is 10.2. The molecule has 1 N–H and O–H groups in total. The number of benzene rings is 3. The fourth-order valence-corrected chi connectivity index (χ4v) is 3.79. The highest BCUT2D eigenvalue weighted by atomic mass is 16.5. The summed E-state index contributed by atoms with van der Waals surface area (Å²) >= 11 is 0. The topological polar surface area (TPSA) is 66.8 Å². The molecule has 0 saturated carbocycles. The number of Topliss-reactive ketones (excluding diaryl/α,β-unsaturated/α-hetero) is 1. The van der Waals surface area contributed by atoms with Gasteiger partial charge in [-0.25, -0.2) is 0 Å². The molecule has 1 atom stereocenters. The van der Waals surface area contributed by atoms with Crippen LogP contribution in [0.3, 0.4) is 0 Å². The predicted molar refractivity (Wildman–Crippen MR) is 120 cm³/mol. The van der Waals surface area contributed by atoms with Crippen molar-refractivity contribution < 1.29 is 19.4 Å². The summed E-state index contributed by atoms with van der Waals surface area (Å²) in [6, 6.07) is 22.8. The van der Waals surface area contributed by atoms with Crippen molar-refractivity contribution >= 4 is 23.1 Å². The molecular formula is C26H23NO4. The first-order valence-corrected chi connectivity index (χ1v) is 10.2. The highest BCUT2D eigenvalue weighted by Gasteiger charge is 2.46. The Morgan fingerprint density at radius 2 is 1.58 bits per heavy atom. The second kappa shape index (κ2) is 8.48. The predicted octanol–water partition coefficient (Wildman–Crippen LogP) is 5.02. The number of carbonyl (C=O) groups excluding carboxylic acids is 2. The van der Waals surface area contributed by atoms with Crippen molar-refractivity contribution in [2.45, 2.75) is 19.9 Å². The van der Waals surface area contributed by atoms with E-state index in [1.54, 1.807) is 36.4 Å². The van der Waals surface area contributed by atoms with Crippen LogP contribution in [-0.4, -0.2) is 23.4 Å². The summed E-state index contributed by atoms with van der Waals surface area (Å²) in [6.45, 7) is 4.37. The molecule has 1 fully saturated rings. The number of ketones is 1. The summed E-state index contributed by atoms with van der Waals surface area (Å²) in [5.74, 6) is -0.883. The molecule has 0 bridgehead atoms. The van der Waals surface area contributed by atoms with Gasteiger partial charge in [-0.2, -0.15) is 0 Å². The number of carbonyl (C=O) groups is 2. The molecule has 1 heterocycles. The highest BCUT2D eigenvalue weighted by molar-refractivity contribution is 6.51. The van der Waals surface area contributed by atoms with E-state index in [4.69, 9.17) is 4.74 Å². The zero-order valence-corrected chi connectivity index (χ0v) is 17.4. The molecule has 1 aliphatic rings. The van der Waals surface area contributed by atoms with Gasteiger partial charge in [-0.05, 0) is 43.7 Å². The number of hydrogen-bond donors (Lipinski definition) is 1. The number of amides is 1. The molecular weight excluding hydrogens is 390 g/mol. The lowest BCUT2D eigenvalue weighted by molar-refractivity contribution is -0.132. The highest BCUT2D eigenvalue weighted by Crippen LogP contribution is 2.42. The molecule has 5 nitrogen and oxygen atoms in total. The van der Waals surface area contributed by atoms with Crippen LogP contribution < -0.4 is 9.64 Å². The van der Waals surface area contributed by atoms with E-state index in [-0.39, 0.29) is 11.3 Å². The third-order valence-electron chi connectivity index (χ3n) is 5.31. The average molecular weight is 413 g/mol. The van der Waals surface area contributed by atoms with Crippen molar-refractivity contribution in [2.24, 2.45) is 0 Å². The molecule has 156 valence electrons. The molecule has 1 aliphatic heterocycles. The number of anilines is 1. The zero-order valence-electron chi connectivity index (χ0n) is 17.4. The van der Waals surface area contributed by atoms with Crippen molar-refractivity contribution in [1.29, 1.82) is 0 Å². The number of aliphatic hydroxyl groups excluding tert-OH is 1. The fraction of sp³-hybridized carbons (Fsp3) is 0.154. The van der Waals surface area contributed by atoms with Gasteiger partial charge in [-0.3, -0.25) is 14.5 Å². The molecule has 5 heteroatoms. The maximum absolute atomic E-state index is 13.1. The van der Waals surface area contributed by atoms with E-state index in [9.17, 15) is 14.7 Å². The summed E-state index contributed by atoms with van der Waals surface area (Å²) in [4.78, 5) is 27.6. The normalized spacial score (nSPS) is 17.7. The van der Waals surface area contributed by atoms with Gasteiger partial charge in [-0.15, -0.1) is 0 Å². The first kappa shape index (κ1) is 20.4. The van der Waals surface area contributed by atoms with Gasteiger partial charge >= 0.3 is 0 Å². The summed E-state index contributed by atoms with van der Waals surface area (Å²) < 4.78 is 5.49. The number of aryl methyl sites for hydroxylation is 1. The molecule has 0 aromatic heterocycles. The molecule has 31 heavy (non-hydrogen) atoms. The number of nitrogens with zero attached hydrogens (tertiary/aromatic N) is 1. The van der Waals surface area contributed by atoms with E-state index in [2.05, 4.69) is 0 Å². The van der Waals surface area contributed by atoms with Gasteiger partial charge in [0.15, 0.2) is 0 Å². The van der Waals surface area contributed by atoms with E-state index in [0.29, 0.717) is 23.6 Å². The van der Waals surface area contributed by atoms with Crippen LogP contribution in [0.15, 0.2) is 84.4 Å². The zero-order chi connectivity index (χ0) is 22.0. The number of hydrogen-bond acceptors (Lipinski definition) is 4. The molecule has 0 radical (unpaired) electrons. The van der Waals surface area contributed by atoms with Crippen molar-refractivity contribution in [3.05, 3.63) is 101 Å². The average Bonchev–Trinajstić information content (AvgIpc) is 3.06. The van der Waals surface area contributed by atoms with Crippen LogP contribution in [0, 0.1) is 6.92 Å². The Kier molecular flexibility index (Phi) is 5.58. The lowest BCUT2D eigenvalue weighted by Gasteiger charge is -2.25. The summed E-state index contributed by atoms with van der Waals surface area (Å²) in [5.41, 5.74) is 2.91. The van der Waals surface area contributed by atoms with Gasteiger partial charge in [-0.1, -0.05) is 60.2 Å². The Morgan fingerprint density at radius 3 is 2.19 bits per heavy atom. The smallest absolute Gasteiger partial charge is 0.300 e. The van der Waals surface area contributed by atoms with Gasteiger partial charge in [0.1, 0.15) is 11.5 Å². The van der Waals surface area contributed by atoms with Crippen LogP contribution in [0.1, 0.15) is 29.7 Å². The Morgan fingerprint density at radius 1 is 0.935 bits per heavy atom. The molecule has 0 aliphatic carbocycles. The summed E-state index contributed by atoms with van der Waals surface area (Å²) in [5, 5.41) is 11.1. The molecule has 4 rings (SSSR count). The van der Waals surface area contributed by atoms with Gasteiger partial charge in [0.25, 0.3) is 11.7 Å². The van der Waals surface area contributed by atoms with Crippen LogP contribution in [-0.2, 0) is 9.59 Å². The van der Waals surface area contributed by atoms with Crippen molar-refractivity contribution in [2.75, 3.05) is 11.5 Å². The largest absolute Gasteiger partial charge is 0.507 e. The van der Waals surface area contributed by atoms with Crippen LogP contribution in [0.25, 0.3) is 5.76 Å². The van der Waals surface area contributed by atoms with E-state index in [1.165, 1.54) is 4.90 Å².